The predicted molar refractivity (Wildman–Crippen MR) is 117 cm³/mol. The topological polar surface area (TPSA) is 52.2 Å². The number of nitrogens with one attached hydrogen (secondary N) is 1. The molecule has 150 valence electrons. The van der Waals surface area contributed by atoms with Crippen LogP contribution in [0.2, 0.25) is 0 Å². The number of anilines is 1. The molecule has 5 nitrogen and oxygen atoms in total. The maximum Gasteiger partial charge on any atom is 0.262 e. The van der Waals surface area contributed by atoms with Crippen molar-refractivity contribution in [2.75, 3.05) is 31.1 Å². The summed E-state index contributed by atoms with van der Waals surface area (Å²) in [6, 6.07) is 12.6. The van der Waals surface area contributed by atoms with Gasteiger partial charge < -0.3 is 9.88 Å². The zero-order chi connectivity index (χ0) is 20.4. The lowest BCUT2D eigenvalue weighted by molar-refractivity contribution is 0.0985. The Morgan fingerprint density at radius 2 is 1.90 bits per heavy atom. The zero-order valence-corrected chi connectivity index (χ0v) is 17.3. The van der Waals surface area contributed by atoms with E-state index in [0.717, 1.165) is 35.2 Å². The van der Waals surface area contributed by atoms with Gasteiger partial charge in [0.05, 0.1) is 10.3 Å². The number of halogens is 1. The zero-order valence-electron chi connectivity index (χ0n) is 16.5. The molecule has 0 aliphatic rings. The molecular formula is C22H23FN4OS. The van der Waals surface area contributed by atoms with E-state index in [9.17, 15) is 9.18 Å². The Hall–Kier alpha value is -2.77. The number of likely N-dealkylation sites (N-methyl/N-ethyl adjacent to an activating group) is 1. The van der Waals surface area contributed by atoms with Gasteiger partial charge >= 0.3 is 0 Å². The molecule has 4 rings (SSSR count). The number of aromatic nitrogens is 2. The number of hydrogen-bond donors (Lipinski definition) is 1. The van der Waals surface area contributed by atoms with Crippen LogP contribution in [0.3, 0.4) is 0 Å². The van der Waals surface area contributed by atoms with Gasteiger partial charge in [-0.25, -0.2) is 9.37 Å². The summed E-state index contributed by atoms with van der Waals surface area (Å²) in [4.78, 5) is 25.1. The molecule has 1 N–H and O–H groups in total. The molecule has 2 aromatic heterocycles. The first-order chi connectivity index (χ1) is 14.1. The van der Waals surface area contributed by atoms with Gasteiger partial charge in [-0.15, -0.1) is 0 Å². The third-order valence-corrected chi connectivity index (χ3v) is 6.23. The standard InChI is InChI=1S/C22H23FN4OS/c1-3-26(4-2)12-13-27(22-25-20-17(23)9-7-11-19(20)29-22)21(28)16-14-24-18-10-6-5-8-15(16)18/h5-11,14,24H,3-4,12-13H2,1-2H3. The third kappa shape index (κ3) is 3.75. The van der Waals surface area contributed by atoms with Crippen LogP contribution in [-0.2, 0) is 0 Å². The molecule has 2 aromatic carbocycles. The fourth-order valence-corrected chi connectivity index (χ4v) is 4.48. The number of amides is 1. The first-order valence-electron chi connectivity index (χ1n) is 9.77. The summed E-state index contributed by atoms with van der Waals surface area (Å²) in [5.74, 6) is -0.498. The molecule has 0 aliphatic carbocycles. The SMILES string of the molecule is CCN(CC)CCN(C(=O)c1c[nH]c2ccccc12)c1nc2c(F)cccc2s1. The molecule has 0 atom stereocenters. The summed E-state index contributed by atoms with van der Waals surface area (Å²) in [7, 11) is 0. The monoisotopic (exact) mass is 410 g/mol. The number of thiazole rings is 1. The van der Waals surface area contributed by atoms with Crippen LogP contribution in [0.4, 0.5) is 9.52 Å². The number of para-hydroxylation sites is 2. The van der Waals surface area contributed by atoms with E-state index in [-0.39, 0.29) is 11.7 Å². The Balaban J connectivity index is 1.74. The average Bonchev–Trinajstić information content (AvgIpc) is 3.36. The van der Waals surface area contributed by atoms with Crippen molar-refractivity contribution in [3.63, 3.8) is 0 Å². The molecule has 7 heteroatoms. The molecule has 0 spiro atoms. The molecule has 0 fully saturated rings. The highest BCUT2D eigenvalue weighted by Crippen LogP contribution is 2.32. The van der Waals surface area contributed by atoms with E-state index in [1.54, 1.807) is 17.2 Å². The fourth-order valence-electron chi connectivity index (χ4n) is 3.48. The van der Waals surface area contributed by atoms with E-state index in [0.29, 0.717) is 22.8 Å². The van der Waals surface area contributed by atoms with Crippen molar-refractivity contribution in [1.82, 2.24) is 14.9 Å². The number of carbonyl (C=O) groups excluding carboxylic acids is 1. The predicted octanol–water partition coefficient (Wildman–Crippen LogP) is 4.91. The van der Waals surface area contributed by atoms with Crippen molar-refractivity contribution in [2.24, 2.45) is 0 Å². The lowest BCUT2D eigenvalue weighted by Gasteiger charge is -2.24. The minimum Gasteiger partial charge on any atom is -0.360 e. The molecule has 1 amide bonds. The third-order valence-electron chi connectivity index (χ3n) is 5.19. The van der Waals surface area contributed by atoms with Gasteiger partial charge in [0.25, 0.3) is 5.91 Å². The Kier molecular flexibility index (Phi) is 5.60. The Morgan fingerprint density at radius 3 is 2.66 bits per heavy atom. The smallest absolute Gasteiger partial charge is 0.262 e. The van der Waals surface area contributed by atoms with Crippen LogP contribution in [0.25, 0.3) is 21.1 Å². The Bertz CT molecular complexity index is 1150. The second-order valence-electron chi connectivity index (χ2n) is 6.81. The first-order valence-corrected chi connectivity index (χ1v) is 10.6. The van der Waals surface area contributed by atoms with Crippen molar-refractivity contribution in [1.29, 1.82) is 0 Å². The number of rotatable bonds is 7. The maximum atomic E-state index is 14.2. The highest BCUT2D eigenvalue weighted by molar-refractivity contribution is 7.22. The van der Waals surface area contributed by atoms with E-state index >= 15 is 0 Å². The maximum absolute atomic E-state index is 14.2. The fraction of sp³-hybridized carbons (Fsp3) is 0.273. The van der Waals surface area contributed by atoms with Crippen molar-refractivity contribution in [3.8, 4) is 0 Å². The second-order valence-corrected chi connectivity index (χ2v) is 7.82. The molecule has 0 bridgehead atoms. The summed E-state index contributed by atoms with van der Waals surface area (Å²) in [6.07, 6.45) is 1.74. The number of nitrogens with zero attached hydrogens (tertiary/aromatic N) is 3. The van der Waals surface area contributed by atoms with Crippen LogP contribution in [0.5, 0.6) is 0 Å². The molecule has 0 saturated heterocycles. The second kappa shape index (κ2) is 8.31. The largest absolute Gasteiger partial charge is 0.360 e. The number of benzene rings is 2. The van der Waals surface area contributed by atoms with E-state index < -0.39 is 0 Å². The van der Waals surface area contributed by atoms with E-state index in [1.165, 1.54) is 17.4 Å². The van der Waals surface area contributed by atoms with Gasteiger partial charge in [0.2, 0.25) is 0 Å². The van der Waals surface area contributed by atoms with E-state index in [4.69, 9.17) is 0 Å². The quantitative estimate of drug-likeness (QED) is 0.471. The Morgan fingerprint density at radius 1 is 1.10 bits per heavy atom. The van der Waals surface area contributed by atoms with Crippen molar-refractivity contribution in [2.45, 2.75) is 13.8 Å². The summed E-state index contributed by atoms with van der Waals surface area (Å²) < 4.78 is 14.9. The van der Waals surface area contributed by atoms with Gasteiger partial charge in [-0.05, 0) is 31.3 Å². The molecule has 0 radical (unpaired) electrons. The van der Waals surface area contributed by atoms with Gasteiger partial charge in [0.15, 0.2) is 5.13 Å². The van der Waals surface area contributed by atoms with Gasteiger partial charge in [0, 0.05) is 30.2 Å². The lowest BCUT2D eigenvalue weighted by atomic mass is 10.1. The highest BCUT2D eigenvalue weighted by Gasteiger charge is 2.24. The molecular weight excluding hydrogens is 387 g/mol. The number of carbonyl (C=O) groups is 1. The first kappa shape index (κ1) is 19.5. The van der Waals surface area contributed by atoms with E-state index in [2.05, 4.69) is 28.7 Å². The van der Waals surface area contributed by atoms with Gasteiger partial charge in [-0.3, -0.25) is 9.69 Å². The van der Waals surface area contributed by atoms with Crippen LogP contribution in [0, 0.1) is 5.82 Å². The van der Waals surface area contributed by atoms with Crippen molar-refractivity contribution in [3.05, 3.63) is 60.0 Å². The molecule has 0 saturated carbocycles. The van der Waals surface area contributed by atoms with Crippen LogP contribution in [-0.4, -0.2) is 47.0 Å². The number of hydrogen-bond acceptors (Lipinski definition) is 4. The van der Waals surface area contributed by atoms with Crippen LogP contribution in [0.15, 0.2) is 48.7 Å². The highest BCUT2D eigenvalue weighted by atomic mass is 32.1. The molecule has 2 heterocycles. The van der Waals surface area contributed by atoms with Gasteiger partial charge in [-0.1, -0.05) is 49.4 Å². The molecule has 0 aliphatic heterocycles. The number of aromatic amines is 1. The van der Waals surface area contributed by atoms with Crippen molar-refractivity contribution < 1.29 is 9.18 Å². The van der Waals surface area contributed by atoms with Crippen LogP contribution in [0.1, 0.15) is 24.2 Å². The summed E-state index contributed by atoms with van der Waals surface area (Å²) in [6.45, 7) is 7.21. The minimum atomic E-state index is -0.367. The van der Waals surface area contributed by atoms with Gasteiger partial charge in [-0.2, -0.15) is 0 Å². The molecule has 4 aromatic rings. The Labute approximate surface area is 172 Å². The summed E-state index contributed by atoms with van der Waals surface area (Å²) in [5.41, 5.74) is 1.82. The van der Waals surface area contributed by atoms with Crippen molar-refractivity contribution >= 4 is 43.5 Å². The van der Waals surface area contributed by atoms with E-state index in [1.807, 2.05) is 30.3 Å². The number of H-pyrrole nitrogens is 1. The summed E-state index contributed by atoms with van der Waals surface area (Å²) >= 11 is 1.34. The average molecular weight is 411 g/mol. The number of fused-ring (bicyclic) bond motifs is 2. The molecule has 0 unspecified atom stereocenters. The lowest BCUT2D eigenvalue weighted by Crippen LogP contribution is -2.38. The summed E-state index contributed by atoms with van der Waals surface area (Å²) in [5, 5.41) is 1.39. The molecule has 29 heavy (non-hydrogen) atoms. The van der Waals surface area contributed by atoms with Gasteiger partial charge in [0.1, 0.15) is 11.3 Å². The minimum absolute atomic E-state index is 0.130. The van der Waals surface area contributed by atoms with Crippen LogP contribution < -0.4 is 4.90 Å². The normalized spacial score (nSPS) is 11.6. The van der Waals surface area contributed by atoms with Crippen LogP contribution >= 0.6 is 11.3 Å².